The number of carbonyl (C=O) groups is 1. The average Bonchev–Trinajstić information content (AvgIpc) is 2.35. The first-order chi connectivity index (χ1) is 8.18. The van der Waals surface area contributed by atoms with Crippen molar-refractivity contribution < 1.29 is 9.90 Å². The van der Waals surface area contributed by atoms with E-state index in [4.69, 9.17) is 5.11 Å². The van der Waals surface area contributed by atoms with Crippen molar-refractivity contribution in [2.45, 2.75) is 23.8 Å². The maximum absolute atomic E-state index is 10.6. The fourth-order valence-corrected chi connectivity index (χ4v) is 3.32. The van der Waals surface area contributed by atoms with Gasteiger partial charge in [-0.2, -0.15) is 0 Å². The number of thioether (sulfide) groups is 1. The van der Waals surface area contributed by atoms with Gasteiger partial charge in [0.25, 0.3) is 0 Å². The second kappa shape index (κ2) is 5.56. The number of carboxylic acids is 1. The largest absolute Gasteiger partial charge is 0.481 e. The summed E-state index contributed by atoms with van der Waals surface area (Å²) in [4.78, 5) is 14.1. The van der Waals surface area contributed by atoms with Crippen LogP contribution in [-0.2, 0) is 4.79 Å². The Labute approximate surface area is 106 Å². The molecule has 1 N–H and O–H groups in total. The summed E-state index contributed by atoms with van der Waals surface area (Å²) in [5.74, 6) is 0.384. The Morgan fingerprint density at radius 2 is 2.29 bits per heavy atom. The Hall–Kier alpha value is -1.00. The van der Waals surface area contributed by atoms with Crippen LogP contribution in [0.4, 0.5) is 0 Å². The minimum atomic E-state index is -0.727. The molecule has 0 fully saturated rings. The van der Waals surface area contributed by atoms with Crippen LogP contribution in [0.1, 0.15) is 24.4 Å². The lowest BCUT2D eigenvalue weighted by molar-refractivity contribution is -0.137. The Bertz CT molecular complexity index is 408. The zero-order valence-electron chi connectivity index (χ0n) is 9.93. The summed E-state index contributed by atoms with van der Waals surface area (Å²) in [6.07, 6.45) is 1.31. The molecule has 1 aliphatic rings. The first kappa shape index (κ1) is 12.5. The van der Waals surface area contributed by atoms with Crippen LogP contribution in [0, 0.1) is 0 Å². The van der Waals surface area contributed by atoms with Gasteiger partial charge in [-0.25, -0.2) is 0 Å². The van der Waals surface area contributed by atoms with Gasteiger partial charge in [-0.15, -0.1) is 11.8 Å². The van der Waals surface area contributed by atoms with E-state index in [1.165, 1.54) is 10.5 Å². The van der Waals surface area contributed by atoms with Crippen molar-refractivity contribution in [1.29, 1.82) is 0 Å². The molecule has 1 aromatic rings. The minimum absolute atomic E-state index is 0.211. The minimum Gasteiger partial charge on any atom is -0.481 e. The van der Waals surface area contributed by atoms with Gasteiger partial charge < -0.3 is 5.11 Å². The predicted molar refractivity (Wildman–Crippen MR) is 69.4 cm³/mol. The molecule has 17 heavy (non-hydrogen) atoms. The number of benzene rings is 1. The fourth-order valence-electron chi connectivity index (χ4n) is 2.21. The van der Waals surface area contributed by atoms with Crippen LogP contribution in [-0.4, -0.2) is 35.3 Å². The molecule has 92 valence electrons. The zero-order valence-corrected chi connectivity index (χ0v) is 10.7. The topological polar surface area (TPSA) is 40.5 Å². The molecule has 1 aliphatic heterocycles. The standard InChI is InChI=1S/C13H17NO2S/c1-14(8-6-13(15)16)11-7-9-17-12-5-3-2-4-10(11)12/h2-5,11H,6-9H2,1H3,(H,15,16). The molecular weight excluding hydrogens is 234 g/mol. The van der Waals surface area contributed by atoms with Crippen molar-refractivity contribution in [3.8, 4) is 0 Å². The summed E-state index contributed by atoms with van der Waals surface area (Å²) >= 11 is 1.89. The van der Waals surface area contributed by atoms with E-state index in [0.29, 0.717) is 12.6 Å². The molecule has 0 aliphatic carbocycles. The SMILES string of the molecule is CN(CCC(=O)O)C1CCSc2ccccc21. The fraction of sp³-hybridized carbons (Fsp3) is 0.462. The molecule has 1 unspecified atom stereocenters. The summed E-state index contributed by atoms with van der Waals surface area (Å²) in [6, 6.07) is 8.79. The summed E-state index contributed by atoms with van der Waals surface area (Å²) in [7, 11) is 2.01. The van der Waals surface area contributed by atoms with Crippen LogP contribution >= 0.6 is 11.8 Å². The van der Waals surface area contributed by atoms with E-state index in [2.05, 4.69) is 29.2 Å². The number of rotatable bonds is 4. The maximum atomic E-state index is 10.6. The monoisotopic (exact) mass is 251 g/mol. The molecule has 1 heterocycles. The molecule has 0 spiro atoms. The number of fused-ring (bicyclic) bond motifs is 1. The van der Waals surface area contributed by atoms with Gasteiger partial charge in [0, 0.05) is 17.5 Å². The van der Waals surface area contributed by atoms with Crippen molar-refractivity contribution >= 4 is 17.7 Å². The summed E-state index contributed by atoms with van der Waals surface area (Å²) < 4.78 is 0. The second-order valence-corrected chi connectivity index (χ2v) is 5.45. The lowest BCUT2D eigenvalue weighted by Crippen LogP contribution is -2.29. The van der Waals surface area contributed by atoms with Crippen molar-refractivity contribution in [3.63, 3.8) is 0 Å². The van der Waals surface area contributed by atoms with Gasteiger partial charge in [0.15, 0.2) is 0 Å². The van der Waals surface area contributed by atoms with Crippen molar-refractivity contribution in [2.75, 3.05) is 19.3 Å². The van der Waals surface area contributed by atoms with Crippen molar-refractivity contribution in [1.82, 2.24) is 4.90 Å². The molecule has 0 saturated heterocycles. The van der Waals surface area contributed by atoms with Gasteiger partial charge >= 0.3 is 5.97 Å². The second-order valence-electron chi connectivity index (χ2n) is 4.32. The summed E-state index contributed by atoms with van der Waals surface area (Å²) in [6.45, 7) is 0.610. The summed E-state index contributed by atoms with van der Waals surface area (Å²) in [5, 5.41) is 8.73. The van der Waals surface area contributed by atoms with Gasteiger partial charge in [-0.1, -0.05) is 18.2 Å². The predicted octanol–water partition coefficient (Wildman–Crippen LogP) is 2.63. The van der Waals surface area contributed by atoms with Gasteiger partial charge in [0.2, 0.25) is 0 Å². The summed E-state index contributed by atoms with van der Waals surface area (Å²) in [5.41, 5.74) is 1.34. The Morgan fingerprint density at radius 1 is 1.53 bits per heavy atom. The molecule has 0 radical (unpaired) electrons. The molecule has 3 nitrogen and oxygen atoms in total. The molecule has 4 heteroatoms. The first-order valence-electron chi connectivity index (χ1n) is 5.82. The highest BCUT2D eigenvalue weighted by atomic mass is 32.2. The van der Waals surface area contributed by atoms with E-state index >= 15 is 0 Å². The van der Waals surface area contributed by atoms with Crippen molar-refractivity contribution in [2.24, 2.45) is 0 Å². The molecule has 1 atom stereocenters. The third-order valence-corrected chi connectivity index (χ3v) is 4.26. The number of hydrogen-bond acceptors (Lipinski definition) is 3. The van der Waals surface area contributed by atoms with Crippen molar-refractivity contribution in [3.05, 3.63) is 29.8 Å². The first-order valence-corrected chi connectivity index (χ1v) is 6.81. The van der Waals surface area contributed by atoms with Crippen LogP contribution in [0.5, 0.6) is 0 Å². The highest BCUT2D eigenvalue weighted by molar-refractivity contribution is 7.99. The highest BCUT2D eigenvalue weighted by Crippen LogP contribution is 2.38. The van der Waals surface area contributed by atoms with Gasteiger partial charge in [-0.05, 0) is 30.9 Å². The Kier molecular flexibility index (Phi) is 4.07. The lowest BCUT2D eigenvalue weighted by atomic mass is 10.0. The molecule has 1 aromatic carbocycles. The van der Waals surface area contributed by atoms with Crippen LogP contribution in [0.15, 0.2) is 29.2 Å². The van der Waals surface area contributed by atoms with Crippen LogP contribution in [0.25, 0.3) is 0 Å². The number of carboxylic acid groups (broad SMARTS) is 1. The quantitative estimate of drug-likeness (QED) is 0.893. The molecule has 2 rings (SSSR count). The van der Waals surface area contributed by atoms with Crippen LogP contribution in [0.2, 0.25) is 0 Å². The highest BCUT2D eigenvalue weighted by Gasteiger charge is 2.23. The molecular formula is C13H17NO2S. The zero-order chi connectivity index (χ0) is 12.3. The van der Waals surface area contributed by atoms with Gasteiger partial charge in [-0.3, -0.25) is 9.69 Å². The van der Waals surface area contributed by atoms with E-state index in [1.54, 1.807) is 0 Å². The van der Waals surface area contributed by atoms with E-state index in [1.807, 2.05) is 18.8 Å². The van der Waals surface area contributed by atoms with E-state index in [-0.39, 0.29) is 6.42 Å². The van der Waals surface area contributed by atoms with Gasteiger partial charge in [0.05, 0.1) is 6.42 Å². The van der Waals surface area contributed by atoms with Crippen LogP contribution in [0.3, 0.4) is 0 Å². The lowest BCUT2D eigenvalue weighted by Gasteiger charge is -2.32. The number of nitrogens with zero attached hydrogens (tertiary/aromatic N) is 1. The molecule has 0 saturated carbocycles. The maximum Gasteiger partial charge on any atom is 0.304 e. The smallest absolute Gasteiger partial charge is 0.304 e. The Morgan fingerprint density at radius 3 is 3.06 bits per heavy atom. The van der Waals surface area contributed by atoms with E-state index in [0.717, 1.165) is 12.2 Å². The average molecular weight is 251 g/mol. The van der Waals surface area contributed by atoms with E-state index in [9.17, 15) is 4.79 Å². The normalized spacial score (nSPS) is 19.1. The number of hydrogen-bond donors (Lipinski definition) is 1. The Balaban J connectivity index is 2.09. The molecule has 0 bridgehead atoms. The van der Waals surface area contributed by atoms with Gasteiger partial charge in [0.1, 0.15) is 0 Å². The van der Waals surface area contributed by atoms with Crippen LogP contribution < -0.4 is 0 Å². The number of aliphatic carboxylic acids is 1. The third kappa shape index (κ3) is 3.01. The molecule has 0 aromatic heterocycles. The molecule has 0 amide bonds. The third-order valence-electron chi connectivity index (χ3n) is 3.14. The van der Waals surface area contributed by atoms with E-state index < -0.39 is 5.97 Å².